The fraction of sp³-hybridized carbons (Fsp3) is 0.489. The first-order valence-corrected chi connectivity index (χ1v) is 20.4. The molecule has 0 aromatic heterocycles. The minimum Gasteiger partial charge on any atom is -0.453 e. The first-order chi connectivity index (χ1) is 27.5. The lowest BCUT2D eigenvalue weighted by atomic mass is 9.93. The van der Waals surface area contributed by atoms with Gasteiger partial charge in [0.25, 0.3) is 0 Å². The first kappa shape index (κ1) is 40.0. The maximum atomic E-state index is 13.9. The average Bonchev–Trinajstić information content (AvgIpc) is 4.07. The van der Waals surface area contributed by atoms with Crippen LogP contribution in [0.1, 0.15) is 89.7 Å². The second kappa shape index (κ2) is 17.1. The van der Waals surface area contributed by atoms with Crippen molar-refractivity contribution in [3.8, 4) is 11.1 Å². The maximum Gasteiger partial charge on any atom is 0.407 e. The van der Waals surface area contributed by atoms with E-state index in [0.717, 1.165) is 79.3 Å². The zero-order valence-corrected chi connectivity index (χ0v) is 33.7. The van der Waals surface area contributed by atoms with Crippen molar-refractivity contribution in [2.45, 2.75) is 109 Å². The number of methoxy groups -OCH3 is 2. The third-order valence-electron chi connectivity index (χ3n) is 12.4. The van der Waals surface area contributed by atoms with Gasteiger partial charge in [0.05, 0.1) is 32.4 Å². The summed E-state index contributed by atoms with van der Waals surface area (Å²) in [6.45, 7) is 6.61. The molecule has 2 aromatic rings. The number of aliphatic hydroxyl groups excluding tert-OH is 1. The number of allylic oxidation sites excluding steroid dienone is 4. The molecule has 2 saturated heterocycles. The van der Waals surface area contributed by atoms with Gasteiger partial charge >= 0.3 is 12.2 Å². The zero-order valence-electron chi connectivity index (χ0n) is 33.7. The molecule has 5 aliphatic rings. The van der Waals surface area contributed by atoms with Gasteiger partial charge in [-0.2, -0.15) is 0 Å². The van der Waals surface area contributed by atoms with E-state index < -0.39 is 30.4 Å². The van der Waals surface area contributed by atoms with Crippen LogP contribution in [0.2, 0.25) is 0 Å². The van der Waals surface area contributed by atoms with Gasteiger partial charge in [0, 0.05) is 31.4 Å². The van der Waals surface area contributed by atoms with Gasteiger partial charge in [-0.15, -0.1) is 0 Å². The lowest BCUT2D eigenvalue weighted by Crippen LogP contribution is -2.55. The molecule has 5 atom stereocenters. The normalized spacial score (nSPS) is 22.0. The minimum atomic E-state index is -1.10. The van der Waals surface area contributed by atoms with E-state index in [0.29, 0.717) is 19.5 Å². The van der Waals surface area contributed by atoms with E-state index in [1.165, 1.54) is 49.0 Å². The van der Waals surface area contributed by atoms with E-state index in [-0.39, 0.29) is 29.8 Å². The number of aliphatic hydroxyl groups is 1. The summed E-state index contributed by atoms with van der Waals surface area (Å²) in [6.07, 6.45) is 7.64. The van der Waals surface area contributed by atoms with Gasteiger partial charge in [-0.05, 0) is 114 Å². The van der Waals surface area contributed by atoms with Crippen LogP contribution in [0.4, 0.5) is 9.59 Å². The SMILES string of the molecule is COC(=O)N[C@H](C(=O)N1CCC[C@H]1C1=C2CCCC2=C(c2ccc(-c3ccc(C4=CN=C([C@@H]5CCCN5C(=O)[C@@H](NC(=O)OC)[C@@H](C)O)C4)cc3)cc2)C1)C(C)C. The molecule has 12 heteroatoms. The molecule has 3 N–H and O–H groups in total. The van der Waals surface area contributed by atoms with Crippen LogP contribution in [-0.2, 0) is 19.1 Å². The summed E-state index contributed by atoms with van der Waals surface area (Å²) in [5, 5.41) is 15.5. The highest BCUT2D eigenvalue weighted by atomic mass is 16.5. The first-order valence-electron chi connectivity index (χ1n) is 20.4. The Labute approximate surface area is 335 Å². The van der Waals surface area contributed by atoms with E-state index in [1.807, 2.05) is 24.9 Å². The van der Waals surface area contributed by atoms with E-state index in [2.05, 4.69) is 63.9 Å². The van der Waals surface area contributed by atoms with Crippen LogP contribution in [0.15, 0.2) is 76.4 Å². The molecule has 3 heterocycles. The lowest BCUT2D eigenvalue weighted by molar-refractivity contribution is -0.136. The number of nitrogens with zero attached hydrogens (tertiary/aromatic N) is 3. The molecule has 12 nitrogen and oxygen atoms in total. The topological polar surface area (TPSA) is 150 Å². The Kier molecular flexibility index (Phi) is 12.0. The van der Waals surface area contributed by atoms with Crippen molar-refractivity contribution in [1.29, 1.82) is 0 Å². The van der Waals surface area contributed by atoms with E-state index in [1.54, 1.807) is 4.90 Å². The standard InChI is InChI=1S/C45H55N5O7/c1-26(2)40(47-44(54)56-4)42(52)49-21-7-11-38(49)36-24-35(33-9-6-10-34(33)36)31-19-17-29(18-20-31)28-13-15-30(16-14-28)32-23-37(46-25-32)39-12-8-22-50(39)43(53)41(27(3)51)48-45(55)57-5/h13-20,25-27,38-41,51H,6-12,21-24H2,1-5H3,(H,47,54)(H,48,55)/t27-,38+,39+,40+,41+/m1/s1. The largest absolute Gasteiger partial charge is 0.453 e. The predicted molar refractivity (Wildman–Crippen MR) is 219 cm³/mol. The number of nitrogens with one attached hydrogen (secondary N) is 2. The Morgan fingerprint density at radius 2 is 1.21 bits per heavy atom. The van der Waals surface area contributed by atoms with Crippen molar-refractivity contribution in [2.24, 2.45) is 10.9 Å². The van der Waals surface area contributed by atoms with E-state index >= 15 is 0 Å². The molecule has 2 aliphatic carbocycles. The predicted octanol–water partition coefficient (Wildman–Crippen LogP) is 6.65. The monoisotopic (exact) mass is 777 g/mol. The number of amides is 4. The Balaban J connectivity index is 0.992. The van der Waals surface area contributed by atoms with Crippen molar-refractivity contribution in [3.05, 3.63) is 82.6 Å². The number of rotatable bonds is 11. The molecule has 0 bridgehead atoms. The number of hydrogen-bond acceptors (Lipinski definition) is 8. The van der Waals surface area contributed by atoms with Crippen molar-refractivity contribution in [3.63, 3.8) is 0 Å². The molecule has 0 spiro atoms. The molecular formula is C45H55N5O7. The van der Waals surface area contributed by atoms with Crippen LogP contribution >= 0.6 is 0 Å². The highest BCUT2D eigenvalue weighted by Gasteiger charge is 2.42. The summed E-state index contributed by atoms with van der Waals surface area (Å²) in [5.41, 5.74) is 12.2. The minimum absolute atomic E-state index is 0.0306. The maximum absolute atomic E-state index is 13.9. The number of fused-ring (bicyclic) bond motifs is 1. The van der Waals surface area contributed by atoms with Gasteiger partial charge in [0.15, 0.2) is 0 Å². The third kappa shape index (κ3) is 8.14. The summed E-state index contributed by atoms with van der Waals surface area (Å²) in [4.78, 5) is 59.8. The highest BCUT2D eigenvalue weighted by Crippen LogP contribution is 2.50. The van der Waals surface area contributed by atoms with Crippen LogP contribution in [0.5, 0.6) is 0 Å². The fourth-order valence-electron chi connectivity index (χ4n) is 9.40. The summed E-state index contributed by atoms with van der Waals surface area (Å²) in [5.74, 6) is -0.431. The van der Waals surface area contributed by atoms with Crippen LogP contribution in [-0.4, -0.2) is 102 Å². The van der Waals surface area contributed by atoms with E-state index in [9.17, 15) is 24.3 Å². The highest BCUT2D eigenvalue weighted by molar-refractivity contribution is 6.04. The molecule has 1 saturated carbocycles. The second-order valence-corrected chi connectivity index (χ2v) is 16.2. The molecule has 2 aromatic carbocycles. The fourth-order valence-corrected chi connectivity index (χ4v) is 9.40. The van der Waals surface area contributed by atoms with Crippen molar-refractivity contribution < 1.29 is 33.8 Å². The smallest absolute Gasteiger partial charge is 0.407 e. The Morgan fingerprint density at radius 1 is 0.684 bits per heavy atom. The van der Waals surface area contributed by atoms with Gasteiger partial charge in [-0.1, -0.05) is 62.4 Å². The molecule has 57 heavy (non-hydrogen) atoms. The molecule has 7 rings (SSSR count). The summed E-state index contributed by atoms with van der Waals surface area (Å²) in [6, 6.07) is 15.5. The number of alkyl carbamates (subject to hydrolysis) is 2. The number of benzene rings is 2. The van der Waals surface area contributed by atoms with Crippen molar-refractivity contribution in [1.82, 2.24) is 20.4 Å². The quantitative estimate of drug-likeness (QED) is 0.232. The number of likely N-dealkylation sites (tertiary alicyclic amines) is 2. The molecular weight excluding hydrogens is 723 g/mol. The summed E-state index contributed by atoms with van der Waals surface area (Å²) in [7, 11) is 2.55. The van der Waals surface area contributed by atoms with Gasteiger partial charge in [-0.25, -0.2) is 9.59 Å². The summed E-state index contributed by atoms with van der Waals surface area (Å²) < 4.78 is 9.50. The molecule has 3 fully saturated rings. The Hall–Kier alpha value is -5.23. The van der Waals surface area contributed by atoms with Crippen LogP contribution < -0.4 is 10.6 Å². The molecule has 0 unspecified atom stereocenters. The van der Waals surface area contributed by atoms with Crippen LogP contribution in [0, 0.1) is 5.92 Å². The third-order valence-corrected chi connectivity index (χ3v) is 12.4. The van der Waals surface area contributed by atoms with Gasteiger partial charge < -0.3 is 35.0 Å². The molecule has 3 aliphatic heterocycles. The molecule has 0 radical (unpaired) electrons. The van der Waals surface area contributed by atoms with Gasteiger partial charge in [0.2, 0.25) is 11.8 Å². The number of ether oxygens (including phenoxy) is 2. The van der Waals surface area contributed by atoms with Crippen LogP contribution in [0.3, 0.4) is 0 Å². The molecule has 4 amide bonds. The van der Waals surface area contributed by atoms with Crippen LogP contribution in [0.25, 0.3) is 22.3 Å². The second-order valence-electron chi connectivity index (χ2n) is 16.2. The number of carbonyl (C=O) groups excluding carboxylic acids is 4. The van der Waals surface area contributed by atoms with Gasteiger partial charge in [-0.3, -0.25) is 14.6 Å². The number of carbonyl (C=O) groups is 4. The zero-order chi connectivity index (χ0) is 40.4. The molecule has 302 valence electrons. The summed E-state index contributed by atoms with van der Waals surface area (Å²) >= 11 is 0. The van der Waals surface area contributed by atoms with Crippen molar-refractivity contribution >= 4 is 40.9 Å². The average molecular weight is 778 g/mol. The van der Waals surface area contributed by atoms with Crippen molar-refractivity contribution in [2.75, 3.05) is 27.3 Å². The Bertz CT molecular complexity index is 2010. The lowest BCUT2D eigenvalue weighted by Gasteiger charge is -2.32. The number of hydrogen-bond donors (Lipinski definition) is 3. The van der Waals surface area contributed by atoms with E-state index in [4.69, 9.17) is 9.73 Å². The van der Waals surface area contributed by atoms with Gasteiger partial charge in [0.1, 0.15) is 12.1 Å². The Morgan fingerprint density at radius 3 is 1.81 bits per heavy atom. The number of aliphatic imine (C=N–C) groups is 1.